The molecule has 2 fully saturated rings. The summed E-state index contributed by atoms with van der Waals surface area (Å²) in [7, 11) is 0. The van der Waals surface area contributed by atoms with Crippen LogP contribution in [0.25, 0.3) is 0 Å². The van der Waals surface area contributed by atoms with Gasteiger partial charge in [0.2, 0.25) is 0 Å². The van der Waals surface area contributed by atoms with Crippen LogP contribution in [-0.2, 0) is 4.79 Å². The van der Waals surface area contributed by atoms with Crippen LogP contribution in [0.1, 0.15) is 38.5 Å². The van der Waals surface area contributed by atoms with Crippen molar-refractivity contribution in [2.24, 2.45) is 11.8 Å². The Labute approximate surface area is 95.9 Å². The second-order valence-corrected chi connectivity index (χ2v) is 7.76. The number of carbonyl (C=O) groups excluding carboxylic acids is 1. The van der Waals surface area contributed by atoms with Crippen LogP contribution in [0.3, 0.4) is 0 Å². The zero-order valence-corrected chi connectivity index (χ0v) is 10.7. The fourth-order valence-corrected chi connectivity index (χ4v) is 4.25. The monoisotopic (exact) mass is 308 g/mol. The maximum atomic E-state index is 11.7. The number of halogens is 2. The molecular weight excluding hydrogens is 296 g/mol. The highest BCUT2D eigenvalue weighted by atomic mass is 79.9. The molecule has 13 heavy (non-hydrogen) atoms. The van der Waals surface area contributed by atoms with Crippen LogP contribution in [-0.4, -0.2) is 9.02 Å². The summed E-state index contributed by atoms with van der Waals surface area (Å²) >= 11 is 7.00. The molecular formula is C10H14Br2O. The van der Waals surface area contributed by atoms with Crippen LogP contribution in [0.2, 0.25) is 0 Å². The van der Waals surface area contributed by atoms with E-state index in [9.17, 15) is 4.79 Å². The van der Waals surface area contributed by atoms with Crippen molar-refractivity contribution in [1.82, 2.24) is 0 Å². The van der Waals surface area contributed by atoms with Gasteiger partial charge in [-0.3, -0.25) is 4.79 Å². The van der Waals surface area contributed by atoms with Gasteiger partial charge < -0.3 is 0 Å². The van der Waals surface area contributed by atoms with Crippen molar-refractivity contribution in [1.29, 1.82) is 0 Å². The average molecular weight is 310 g/mol. The van der Waals surface area contributed by atoms with Gasteiger partial charge in [0.1, 0.15) is 3.23 Å². The van der Waals surface area contributed by atoms with Crippen molar-refractivity contribution >= 4 is 37.6 Å². The van der Waals surface area contributed by atoms with E-state index in [0.29, 0.717) is 17.6 Å². The van der Waals surface area contributed by atoms with Crippen LogP contribution in [0.5, 0.6) is 0 Å². The minimum Gasteiger partial charge on any atom is -0.297 e. The van der Waals surface area contributed by atoms with Crippen molar-refractivity contribution in [3.63, 3.8) is 0 Å². The van der Waals surface area contributed by atoms with E-state index in [1.807, 2.05) is 0 Å². The van der Waals surface area contributed by atoms with Crippen molar-refractivity contribution in [2.75, 3.05) is 0 Å². The zero-order chi connectivity index (χ0) is 9.47. The Balaban J connectivity index is 2.07. The Morgan fingerprint density at radius 1 is 1.08 bits per heavy atom. The number of hydrogen-bond donors (Lipinski definition) is 0. The van der Waals surface area contributed by atoms with Gasteiger partial charge in [0, 0.05) is 11.8 Å². The van der Waals surface area contributed by atoms with Crippen LogP contribution in [0.15, 0.2) is 0 Å². The van der Waals surface area contributed by atoms with Gasteiger partial charge in [-0.2, -0.15) is 0 Å². The standard InChI is InChI=1S/C10H14Br2O/c11-10(12)8-6-4-2-1-3-5-7(8)9(10)13/h7-8H,1-6H2. The predicted octanol–water partition coefficient (Wildman–Crippen LogP) is 3.64. The zero-order valence-electron chi connectivity index (χ0n) is 7.56. The second-order valence-electron chi connectivity index (χ2n) is 4.19. The highest BCUT2D eigenvalue weighted by Gasteiger charge is 2.58. The quantitative estimate of drug-likeness (QED) is 0.624. The molecule has 2 rings (SSSR count). The normalized spacial score (nSPS) is 38.5. The number of ketones is 1. The molecule has 2 unspecified atom stereocenters. The van der Waals surface area contributed by atoms with Crippen molar-refractivity contribution in [3.8, 4) is 0 Å². The Morgan fingerprint density at radius 2 is 1.69 bits per heavy atom. The number of hydrogen-bond acceptors (Lipinski definition) is 1. The summed E-state index contributed by atoms with van der Waals surface area (Å²) in [6, 6.07) is 0. The van der Waals surface area contributed by atoms with Gasteiger partial charge in [-0.15, -0.1) is 0 Å². The van der Waals surface area contributed by atoms with Crippen molar-refractivity contribution < 1.29 is 4.79 Å². The molecule has 0 aliphatic heterocycles. The van der Waals surface area contributed by atoms with Gasteiger partial charge in [0.15, 0.2) is 5.78 Å². The van der Waals surface area contributed by atoms with Gasteiger partial charge in [0.05, 0.1) is 0 Å². The molecule has 3 heteroatoms. The third-order valence-corrected chi connectivity index (χ3v) is 5.35. The van der Waals surface area contributed by atoms with E-state index in [-0.39, 0.29) is 3.23 Å². The minimum atomic E-state index is -0.359. The highest BCUT2D eigenvalue weighted by molar-refractivity contribution is 9.26. The summed E-state index contributed by atoms with van der Waals surface area (Å²) in [5, 5.41) is 0. The van der Waals surface area contributed by atoms with E-state index in [1.54, 1.807) is 0 Å². The minimum absolute atomic E-state index is 0.346. The lowest BCUT2D eigenvalue weighted by molar-refractivity contribution is -0.135. The lowest BCUT2D eigenvalue weighted by atomic mass is 9.66. The number of rotatable bonds is 0. The van der Waals surface area contributed by atoms with E-state index in [0.717, 1.165) is 6.42 Å². The van der Waals surface area contributed by atoms with Gasteiger partial charge in [0.25, 0.3) is 0 Å². The molecule has 0 saturated heterocycles. The molecule has 0 aromatic heterocycles. The topological polar surface area (TPSA) is 17.1 Å². The molecule has 0 heterocycles. The number of carbonyl (C=O) groups is 1. The second kappa shape index (κ2) is 3.65. The summed E-state index contributed by atoms with van der Waals surface area (Å²) < 4.78 is -0.359. The average Bonchev–Trinajstić information content (AvgIpc) is 2.03. The third kappa shape index (κ3) is 1.63. The lowest BCUT2D eigenvalue weighted by Gasteiger charge is -2.47. The fourth-order valence-electron chi connectivity index (χ4n) is 2.57. The van der Waals surface area contributed by atoms with Crippen LogP contribution >= 0.6 is 31.9 Å². The molecule has 0 radical (unpaired) electrons. The SMILES string of the molecule is O=C1C2CCCCCCC2C1(Br)Br. The fraction of sp³-hybridized carbons (Fsp3) is 0.900. The molecule has 0 bridgehead atoms. The van der Waals surface area contributed by atoms with Gasteiger partial charge >= 0.3 is 0 Å². The Morgan fingerprint density at radius 3 is 2.38 bits per heavy atom. The molecule has 0 amide bonds. The molecule has 74 valence electrons. The van der Waals surface area contributed by atoms with Crippen LogP contribution in [0, 0.1) is 11.8 Å². The van der Waals surface area contributed by atoms with E-state index in [1.165, 1.54) is 32.1 Å². The summed E-state index contributed by atoms with van der Waals surface area (Å²) in [6.45, 7) is 0. The van der Waals surface area contributed by atoms with E-state index in [2.05, 4.69) is 31.9 Å². The molecule has 2 atom stereocenters. The first-order chi connectivity index (χ1) is 6.14. The molecule has 0 spiro atoms. The first-order valence-electron chi connectivity index (χ1n) is 5.06. The Kier molecular flexibility index (Phi) is 2.85. The van der Waals surface area contributed by atoms with Crippen LogP contribution < -0.4 is 0 Å². The summed E-state index contributed by atoms with van der Waals surface area (Å²) in [5.41, 5.74) is 0. The predicted molar refractivity (Wildman–Crippen MR) is 60.3 cm³/mol. The van der Waals surface area contributed by atoms with E-state index in [4.69, 9.17) is 0 Å². The van der Waals surface area contributed by atoms with Crippen LogP contribution in [0.4, 0.5) is 0 Å². The van der Waals surface area contributed by atoms with Gasteiger partial charge in [-0.05, 0) is 12.8 Å². The maximum absolute atomic E-state index is 11.7. The Bertz CT molecular complexity index is 225. The number of fused-ring (bicyclic) bond motifs is 1. The number of Topliss-reactive ketones (excluding diaryl/α,β-unsaturated/α-hetero) is 1. The summed E-state index contributed by atoms with van der Waals surface area (Å²) in [4.78, 5) is 11.7. The molecule has 2 aliphatic rings. The first-order valence-corrected chi connectivity index (χ1v) is 6.65. The molecule has 0 aromatic rings. The summed E-state index contributed by atoms with van der Waals surface area (Å²) in [6.07, 6.45) is 7.49. The van der Waals surface area contributed by atoms with Crippen molar-refractivity contribution in [2.45, 2.75) is 41.8 Å². The van der Waals surface area contributed by atoms with Crippen molar-refractivity contribution in [3.05, 3.63) is 0 Å². The largest absolute Gasteiger partial charge is 0.297 e. The van der Waals surface area contributed by atoms with Gasteiger partial charge in [-0.1, -0.05) is 57.5 Å². The summed E-state index contributed by atoms with van der Waals surface area (Å²) in [5.74, 6) is 1.26. The molecule has 1 nitrogen and oxygen atoms in total. The molecule has 0 N–H and O–H groups in total. The molecule has 2 saturated carbocycles. The third-order valence-electron chi connectivity index (χ3n) is 3.40. The molecule has 0 aromatic carbocycles. The Hall–Kier alpha value is 0.630. The number of alkyl halides is 2. The highest BCUT2D eigenvalue weighted by Crippen LogP contribution is 2.55. The first kappa shape index (κ1) is 10.2. The van der Waals surface area contributed by atoms with E-state index < -0.39 is 0 Å². The van der Waals surface area contributed by atoms with E-state index >= 15 is 0 Å². The smallest absolute Gasteiger partial charge is 0.163 e. The van der Waals surface area contributed by atoms with Gasteiger partial charge in [-0.25, -0.2) is 0 Å². The maximum Gasteiger partial charge on any atom is 0.163 e. The molecule has 2 aliphatic carbocycles. The lowest BCUT2D eigenvalue weighted by Crippen LogP contribution is -2.55.